The standard InChI is InChI=1S/C11H19N3O2/c1-7(2)9-5-13-14(6-9)8(3)10(12)11(15)16-4/h5-8,10H,12H2,1-4H3. The Morgan fingerprint density at radius 2 is 2.12 bits per heavy atom. The topological polar surface area (TPSA) is 70.1 Å². The number of carbonyl (C=O) groups is 1. The Bertz CT molecular complexity index is 360. The molecule has 0 fully saturated rings. The number of aromatic nitrogens is 2. The Kier molecular flexibility index (Phi) is 4.06. The van der Waals surface area contributed by atoms with Crippen molar-refractivity contribution in [3.8, 4) is 0 Å². The fourth-order valence-corrected chi connectivity index (χ4v) is 1.37. The van der Waals surface area contributed by atoms with E-state index in [9.17, 15) is 4.79 Å². The second kappa shape index (κ2) is 5.12. The molecule has 2 atom stereocenters. The molecule has 0 spiro atoms. The van der Waals surface area contributed by atoms with Crippen LogP contribution < -0.4 is 5.73 Å². The van der Waals surface area contributed by atoms with Crippen molar-refractivity contribution in [3.63, 3.8) is 0 Å². The van der Waals surface area contributed by atoms with Gasteiger partial charge >= 0.3 is 5.97 Å². The van der Waals surface area contributed by atoms with Crippen molar-refractivity contribution in [2.24, 2.45) is 5.73 Å². The number of hydrogen-bond donors (Lipinski definition) is 1. The van der Waals surface area contributed by atoms with Gasteiger partial charge in [-0.2, -0.15) is 5.10 Å². The molecule has 0 saturated carbocycles. The monoisotopic (exact) mass is 225 g/mol. The largest absolute Gasteiger partial charge is 0.468 e. The van der Waals surface area contributed by atoms with Crippen molar-refractivity contribution < 1.29 is 9.53 Å². The minimum atomic E-state index is -0.690. The van der Waals surface area contributed by atoms with Crippen LogP contribution in [-0.2, 0) is 9.53 Å². The summed E-state index contributed by atoms with van der Waals surface area (Å²) >= 11 is 0. The maximum Gasteiger partial charge on any atom is 0.324 e. The number of rotatable bonds is 4. The van der Waals surface area contributed by atoms with Crippen molar-refractivity contribution >= 4 is 5.97 Å². The van der Waals surface area contributed by atoms with E-state index in [1.807, 2.05) is 13.1 Å². The van der Waals surface area contributed by atoms with E-state index in [2.05, 4.69) is 23.7 Å². The molecule has 2 N–H and O–H groups in total. The molecule has 1 aromatic heterocycles. The summed E-state index contributed by atoms with van der Waals surface area (Å²) in [6, 6.07) is -0.898. The summed E-state index contributed by atoms with van der Waals surface area (Å²) in [4.78, 5) is 11.3. The fraction of sp³-hybridized carbons (Fsp3) is 0.636. The van der Waals surface area contributed by atoms with E-state index in [1.165, 1.54) is 7.11 Å². The van der Waals surface area contributed by atoms with E-state index >= 15 is 0 Å². The predicted molar refractivity (Wildman–Crippen MR) is 61.0 cm³/mol. The van der Waals surface area contributed by atoms with Crippen LogP contribution in [0.5, 0.6) is 0 Å². The lowest BCUT2D eigenvalue weighted by molar-refractivity contribution is -0.143. The third-order valence-electron chi connectivity index (χ3n) is 2.70. The average Bonchev–Trinajstić information content (AvgIpc) is 2.75. The molecular formula is C11H19N3O2. The molecule has 5 nitrogen and oxygen atoms in total. The first-order chi connectivity index (χ1) is 7.47. The molecule has 1 heterocycles. The van der Waals surface area contributed by atoms with Crippen LogP contribution in [0.2, 0.25) is 0 Å². The molecule has 0 amide bonds. The molecule has 0 aliphatic carbocycles. The second-order valence-electron chi connectivity index (χ2n) is 4.20. The maximum absolute atomic E-state index is 11.3. The number of nitrogens with zero attached hydrogens (tertiary/aromatic N) is 2. The maximum atomic E-state index is 11.3. The van der Waals surface area contributed by atoms with Gasteiger partial charge in [-0.25, -0.2) is 0 Å². The molecular weight excluding hydrogens is 206 g/mol. The van der Waals surface area contributed by atoms with Gasteiger partial charge in [0, 0.05) is 6.20 Å². The second-order valence-corrected chi connectivity index (χ2v) is 4.20. The van der Waals surface area contributed by atoms with Crippen molar-refractivity contribution in [2.45, 2.75) is 38.8 Å². The smallest absolute Gasteiger partial charge is 0.324 e. The molecule has 1 aromatic rings. The molecule has 1 rings (SSSR count). The summed E-state index contributed by atoms with van der Waals surface area (Å²) in [5.74, 6) is -0.00982. The van der Waals surface area contributed by atoms with E-state index in [-0.39, 0.29) is 6.04 Å². The lowest BCUT2D eigenvalue weighted by Gasteiger charge is -2.17. The molecule has 0 radical (unpaired) electrons. The highest BCUT2D eigenvalue weighted by molar-refractivity contribution is 5.75. The molecule has 16 heavy (non-hydrogen) atoms. The van der Waals surface area contributed by atoms with Gasteiger partial charge in [-0.05, 0) is 18.4 Å². The van der Waals surface area contributed by atoms with Gasteiger partial charge in [0.1, 0.15) is 6.04 Å². The van der Waals surface area contributed by atoms with Gasteiger partial charge in [0.2, 0.25) is 0 Å². The summed E-state index contributed by atoms with van der Waals surface area (Å²) < 4.78 is 6.31. The predicted octanol–water partition coefficient (Wildman–Crippen LogP) is 1.07. The van der Waals surface area contributed by atoms with Gasteiger partial charge in [-0.1, -0.05) is 13.8 Å². The first kappa shape index (κ1) is 12.7. The zero-order valence-corrected chi connectivity index (χ0v) is 10.2. The summed E-state index contributed by atoms with van der Waals surface area (Å²) in [5, 5.41) is 4.20. The first-order valence-electron chi connectivity index (χ1n) is 5.34. The Hall–Kier alpha value is -1.36. The Balaban J connectivity index is 2.79. The van der Waals surface area contributed by atoms with Crippen LogP contribution in [-0.4, -0.2) is 28.9 Å². The van der Waals surface area contributed by atoms with Crippen LogP contribution in [0.15, 0.2) is 12.4 Å². The zero-order chi connectivity index (χ0) is 12.3. The van der Waals surface area contributed by atoms with Crippen LogP contribution >= 0.6 is 0 Å². The number of carbonyl (C=O) groups excluding carboxylic acids is 1. The molecule has 0 aromatic carbocycles. The summed E-state index contributed by atoms with van der Waals surface area (Å²) in [6.07, 6.45) is 3.71. The summed E-state index contributed by atoms with van der Waals surface area (Å²) in [7, 11) is 1.33. The average molecular weight is 225 g/mol. The Labute approximate surface area is 95.6 Å². The highest BCUT2D eigenvalue weighted by atomic mass is 16.5. The molecule has 2 unspecified atom stereocenters. The highest BCUT2D eigenvalue weighted by Crippen LogP contribution is 2.16. The van der Waals surface area contributed by atoms with E-state index in [1.54, 1.807) is 10.9 Å². The lowest BCUT2D eigenvalue weighted by Crippen LogP contribution is -2.39. The van der Waals surface area contributed by atoms with Gasteiger partial charge in [0.05, 0.1) is 19.3 Å². The Morgan fingerprint density at radius 3 is 2.56 bits per heavy atom. The minimum absolute atomic E-state index is 0.208. The molecule has 0 aliphatic heterocycles. The van der Waals surface area contributed by atoms with Gasteiger partial charge < -0.3 is 10.5 Å². The van der Waals surface area contributed by atoms with Crippen molar-refractivity contribution in [1.82, 2.24) is 9.78 Å². The fourth-order valence-electron chi connectivity index (χ4n) is 1.37. The SMILES string of the molecule is COC(=O)C(N)C(C)n1cc(C(C)C)cn1. The number of methoxy groups -OCH3 is 1. The van der Waals surface area contributed by atoms with E-state index < -0.39 is 12.0 Å². The van der Waals surface area contributed by atoms with E-state index in [4.69, 9.17) is 5.73 Å². The van der Waals surface area contributed by atoms with Crippen LogP contribution in [0.25, 0.3) is 0 Å². The van der Waals surface area contributed by atoms with E-state index in [0.29, 0.717) is 5.92 Å². The number of esters is 1. The van der Waals surface area contributed by atoms with Crippen molar-refractivity contribution in [3.05, 3.63) is 18.0 Å². The normalized spacial score (nSPS) is 14.9. The molecule has 90 valence electrons. The van der Waals surface area contributed by atoms with Crippen LogP contribution in [0.1, 0.15) is 38.3 Å². The zero-order valence-electron chi connectivity index (χ0n) is 10.2. The van der Waals surface area contributed by atoms with Crippen LogP contribution in [0.4, 0.5) is 0 Å². The van der Waals surface area contributed by atoms with Crippen molar-refractivity contribution in [2.75, 3.05) is 7.11 Å². The highest BCUT2D eigenvalue weighted by Gasteiger charge is 2.23. The van der Waals surface area contributed by atoms with Gasteiger partial charge in [-0.15, -0.1) is 0 Å². The van der Waals surface area contributed by atoms with Gasteiger partial charge in [0.15, 0.2) is 0 Å². The lowest BCUT2D eigenvalue weighted by atomic mass is 10.1. The molecule has 5 heteroatoms. The third-order valence-corrected chi connectivity index (χ3v) is 2.70. The first-order valence-corrected chi connectivity index (χ1v) is 5.34. The molecule has 0 aliphatic rings. The molecule has 0 bridgehead atoms. The Morgan fingerprint density at radius 1 is 1.50 bits per heavy atom. The number of hydrogen-bond acceptors (Lipinski definition) is 4. The van der Waals surface area contributed by atoms with Crippen LogP contribution in [0, 0.1) is 0 Å². The van der Waals surface area contributed by atoms with Gasteiger partial charge in [-0.3, -0.25) is 9.48 Å². The van der Waals surface area contributed by atoms with Crippen molar-refractivity contribution in [1.29, 1.82) is 0 Å². The summed E-state index contributed by atoms with van der Waals surface area (Å²) in [5.41, 5.74) is 6.88. The summed E-state index contributed by atoms with van der Waals surface area (Å²) in [6.45, 7) is 6.03. The van der Waals surface area contributed by atoms with Crippen LogP contribution in [0.3, 0.4) is 0 Å². The molecule has 0 saturated heterocycles. The quantitative estimate of drug-likeness (QED) is 0.778. The van der Waals surface area contributed by atoms with E-state index in [0.717, 1.165) is 5.56 Å². The minimum Gasteiger partial charge on any atom is -0.468 e. The number of ether oxygens (including phenoxy) is 1. The number of nitrogens with two attached hydrogens (primary N) is 1. The van der Waals surface area contributed by atoms with Gasteiger partial charge in [0.25, 0.3) is 0 Å². The third kappa shape index (κ3) is 2.61.